The number of nitrogens with zero attached hydrogens (tertiary/aromatic N) is 2. The van der Waals surface area contributed by atoms with E-state index in [0.717, 1.165) is 0 Å². The first kappa shape index (κ1) is 19.4. The van der Waals surface area contributed by atoms with E-state index in [1.165, 1.54) is 29.3 Å². The molecule has 30 heavy (non-hydrogen) atoms. The molecular weight excluding hydrogens is 387 g/mol. The monoisotopic (exact) mass is 406 g/mol. The Kier molecular flexibility index (Phi) is 5.05. The van der Waals surface area contributed by atoms with Crippen molar-refractivity contribution in [3.63, 3.8) is 0 Å². The summed E-state index contributed by atoms with van der Waals surface area (Å²) in [5.41, 5.74) is 13.0. The maximum atomic E-state index is 13.9. The van der Waals surface area contributed by atoms with E-state index in [0.29, 0.717) is 22.4 Å². The van der Waals surface area contributed by atoms with Gasteiger partial charge >= 0.3 is 0 Å². The SMILES string of the molecule is NC(=O)c1ccccc1CN(C(=O)c1cccnc1N)C1COc2ccc(F)cc21. The molecule has 1 aromatic heterocycles. The van der Waals surface area contributed by atoms with Crippen LogP contribution in [0.25, 0.3) is 0 Å². The fourth-order valence-electron chi connectivity index (χ4n) is 3.59. The molecular formula is C22H19FN4O3. The molecule has 4 N–H and O–H groups in total. The Morgan fingerprint density at radius 3 is 2.67 bits per heavy atom. The maximum Gasteiger partial charge on any atom is 0.258 e. The van der Waals surface area contributed by atoms with E-state index < -0.39 is 23.7 Å². The highest BCUT2D eigenvalue weighted by molar-refractivity contribution is 5.99. The number of benzene rings is 2. The van der Waals surface area contributed by atoms with Crippen LogP contribution in [0.15, 0.2) is 60.8 Å². The van der Waals surface area contributed by atoms with Crippen molar-refractivity contribution in [2.45, 2.75) is 12.6 Å². The lowest BCUT2D eigenvalue weighted by Crippen LogP contribution is -2.36. The van der Waals surface area contributed by atoms with Gasteiger partial charge in [0.2, 0.25) is 5.91 Å². The van der Waals surface area contributed by atoms with Gasteiger partial charge in [-0.2, -0.15) is 0 Å². The maximum absolute atomic E-state index is 13.9. The minimum Gasteiger partial charge on any atom is -0.491 e. The third-order valence-corrected chi connectivity index (χ3v) is 5.06. The van der Waals surface area contributed by atoms with E-state index in [1.54, 1.807) is 36.4 Å². The molecule has 152 valence electrons. The van der Waals surface area contributed by atoms with Gasteiger partial charge in [0.25, 0.3) is 5.91 Å². The van der Waals surface area contributed by atoms with E-state index in [9.17, 15) is 14.0 Å². The van der Waals surface area contributed by atoms with Crippen molar-refractivity contribution in [1.82, 2.24) is 9.88 Å². The molecule has 0 aliphatic carbocycles. The second-order valence-electron chi connectivity index (χ2n) is 6.90. The van der Waals surface area contributed by atoms with Gasteiger partial charge in [0.05, 0.1) is 11.6 Å². The Morgan fingerprint density at radius 1 is 1.13 bits per heavy atom. The number of nitrogens with two attached hydrogens (primary N) is 2. The number of amides is 2. The average molecular weight is 406 g/mol. The van der Waals surface area contributed by atoms with E-state index in [1.807, 2.05) is 0 Å². The summed E-state index contributed by atoms with van der Waals surface area (Å²) in [5, 5.41) is 0. The van der Waals surface area contributed by atoms with Crippen LogP contribution in [0, 0.1) is 5.82 Å². The lowest BCUT2D eigenvalue weighted by Gasteiger charge is -2.29. The number of rotatable bonds is 5. The van der Waals surface area contributed by atoms with E-state index >= 15 is 0 Å². The van der Waals surface area contributed by atoms with Gasteiger partial charge in [-0.1, -0.05) is 18.2 Å². The number of primary amides is 1. The predicted octanol–water partition coefficient (Wildman–Crippen LogP) is 2.68. The fraction of sp³-hybridized carbons (Fsp3) is 0.136. The van der Waals surface area contributed by atoms with Crippen molar-refractivity contribution in [1.29, 1.82) is 0 Å². The Balaban J connectivity index is 1.79. The second-order valence-corrected chi connectivity index (χ2v) is 6.90. The number of pyridine rings is 1. The predicted molar refractivity (Wildman–Crippen MR) is 108 cm³/mol. The first-order valence-electron chi connectivity index (χ1n) is 9.27. The summed E-state index contributed by atoms with van der Waals surface area (Å²) in [6.07, 6.45) is 1.49. The normalized spacial score (nSPS) is 14.6. The fourth-order valence-corrected chi connectivity index (χ4v) is 3.59. The molecule has 0 saturated carbocycles. The topological polar surface area (TPSA) is 112 Å². The number of anilines is 1. The quantitative estimate of drug-likeness (QED) is 0.677. The molecule has 0 fully saturated rings. The van der Waals surface area contributed by atoms with Crippen LogP contribution in [-0.4, -0.2) is 28.3 Å². The van der Waals surface area contributed by atoms with Crippen LogP contribution in [0.5, 0.6) is 5.75 Å². The molecule has 3 aromatic rings. The summed E-state index contributed by atoms with van der Waals surface area (Å²) < 4.78 is 19.6. The Morgan fingerprint density at radius 2 is 1.90 bits per heavy atom. The highest BCUT2D eigenvalue weighted by Crippen LogP contribution is 2.38. The second kappa shape index (κ2) is 7.82. The zero-order valence-corrected chi connectivity index (χ0v) is 15.9. The number of nitrogen functional groups attached to an aromatic ring is 1. The van der Waals surface area contributed by atoms with Crippen LogP contribution in [0.2, 0.25) is 0 Å². The molecule has 0 spiro atoms. The molecule has 1 unspecified atom stereocenters. The number of hydrogen-bond acceptors (Lipinski definition) is 5. The van der Waals surface area contributed by atoms with Gasteiger partial charge in [-0.05, 0) is 42.0 Å². The zero-order valence-electron chi connectivity index (χ0n) is 15.9. The Labute approximate surface area is 172 Å². The number of halogens is 1. The minimum atomic E-state index is -0.604. The van der Waals surface area contributed by atoms with Gasteiger partial charge < -0.3 is 21.1 Å². The molecule has 0 radical (unpaired) electrons. The van der Waals surface area contributed by atoms with E-state index in [2.05, 4.69) is 4.98 Å². The minimum absolute atomic E-state index is 0.0518. The number of carbonyl (C=O) groups is 2. The first-order valence-corrected chi connectivity index (χ1v) is 9.27. The number of carbonyl (C=O) groups excluding carboxylic acids is 2. The number of aromatic nitrogens is 1. The van der Waals surface area contributed by atoms with Crippen LogP contribution in [-0.2, 0) is 6.54 Å². The molecule has 1 aliphatic rings. The van der Waals surface area contributed by atoms with Gasteiger partial charge in [-0.15, -0.1) is 0 Å². The molecule has 0 bridgehead atoms. The van der Waals surface area contributed by atoms with Crippen LogP contribution < -0.4 is 16.2 Å². The summed E-state index contributed by atoms with van der Waals surface area (Å²) in [7, 11) is 0. The van der Waals surface area contributed by atoms with Crippen molar-refractivity contribution in [3.8, 4) is 5.75 Å². The van der Waals surface area contributed by atoms with Crippen LogP contribution >= 0.6 is 0 Å². The average Bonchev–Trinajstić information content (AvgIpc) is 3.15. The molecule has 2 aromatic carbocycles. The van der Waals surface area contributed by atoms with Crippen molar-refractivity contribution in [2.75, 3.05) is 12.3 Å². The van der Waals surface area contributed by atoms with Crippen LogP contribution in [0.3, 0.4) is 0 Å². The van der Waals surface area contributed by atoms with Crippen LogP contribution in [0.4, 0.5) is 10.2 Å². The molecule has 7 nitrogen and oxygen atoms in total. The summed E-state index contributed by atoms with van der Waals surface area (Å²) >= 11 is 0. The summed E-state index contributed by atoms with van der Waals surface area (Å²) in [4.78, 5) is 30.8. The van der Waals surface area contributed by atoms with Gasteiger partial charge in [0.1, 0.15) is 24.0 Å². The first-order chi connectivity index (χ1) is 14.5. The van der Waals surface area contributed by atoms with Gasteiger partial charge in [-0.25, -0.2) is 9.37 Å². The Bertz CT molecular complexity index is 1130. The lowest BCUT2D eigenvalue weighted by atomic mass is 10.0. The van der Waals surface area contributed by atoms with Crippen molar-refractivity contribution in [2.24, 2.45) is 5.73 Å². The zero-order chi connectivity index (χ0) is 21.3. The summed E-state index contributed by atoms with van der Waals surface area (Å²) in [5.74, 6) is -0.871. The van der Waals surface area contributed by atoms with Crippen molar-refractivity contribution >= 4 is 17.6 Å². The third kappa shape index (κ3) is 3.55. The molecule has 1 aliphatic heterocycles. The highest BCUT2D eigenvalue weighted by atomic mass is 19.1. The Hall–Kier alpha value is -3.94. The summed E-state index contributed by atoms with van der Waals surface area (Å²) in [6, 6.07) is 13.5. The van der Waals surface area contributed by atoms with Gasteiger partial charge in [0.15, 0.2) is 0 Å². The molecule has 8 heteroatoms. The number of hydrogen-bond donors (Lipinski definition) is 2. The molecule has 2 heterocycles. The standard InChI is InChI=1S/C22H19FN4O3/c23-14-7-8-19-17(10-14)18(12-30-19)27(22(29)16-6-3-9-26-20(16)24)11-13-4-1-2-5-15(13)21(25)28/h1-10,18H,11-12H2,(H2,24,26)(H2,25,28). The van der Waals surface area contributed by atoms with Gasteiger partial charge in [-0.3, -0.25) is 9.59 Å². The highest BCUT2D eigenvalue weighted by Gasteiger charge is 2.34. The largest absolute Gasteiger partial charge is 0.491 e. The molecule has 4 rings (SSSR count). The summed E-state index contributed by atoms with van der Waals surface area (Å²) in [6.45, 7) is 0.194. The van der Waals surface area contributed by atoms with Crippen molar-refractivity contribution < 1.29 is 18.7 Å². The lowest BCUT2D eigenvalue weighted by molar-refractivity contribution is 0.0629. The third-order valence-electron chi connectivity index (χ3n) is 5.06. The van der Waals surface area contributed by atoms with E-state index in [4.69, 9.17) is 16.2 Å². The van der Waals surface area contributed by atoms with Crippen LogP contribution in [0.1, 0.15) is 37.9 Å². The molecule has 0 saturated heterocycles. The smallest absolute Gasteiger partial charge is 0.258 e. The van der Waals surface area contributed by atoms with Crippen molar-refractivity contribution in [3.05, 3.63) is 88.9 Å². The molecule has 2 amide bonds. The van der Waals surface area contributed by atoms with E-state index in [-0.39, 0.29) is 24.5 Å². The molecule has 1 atom stereocenters. The number of ether oxygens (including phenoxy) is 1. The van der Waals surface area contributed by atoms with Gasteiger partial charge in [0, 0.05) is 23.9 Å². The number of fused-ring (bicyclic) bond motifs is 1.